The fraction of sp³-hybridized carbons (Fsp3) is 0.909. The Labute approximate surface area is 96.6 Å². The first kappa shape index (κ1) is 12.8. The van der Waals surface area contributed by atoms with Crippen LogP contribution in [0.1, 0.15) is 39.0 Å². The number of nitrogens with two attached hydrogens (primary N) is 1. The van der Waals surface area contributed by atoms with Crippen molar-refractivity contribution in [3.8, 4) is 0 Å². The predicted molar refractivity (Wildman–Crippen MR) is 66.0 cm³/mol. The van der Waals surface area contributed by atoms with Crippen molar-refractivity contribution >= 4 is 17.7 Å². The fourth-order valence-electron chi connectivity index (χ4n) is 2.04. The maximum Gasteiger partial charge on any atom is 0.237 e. The lowest BCUT2D eigenvalue weighted by Crippen LogP contribution is -2.44. The molecular weight excluding hydrogens is 208 g/mol. The minimum absolute atomic E-state index is 0.0311. The molecule has 88 valence electrons. The molecule has 0 aromatic carbocycles. The molecular formula is C11H22N2OS. The van der Waals surface area contributed by atoms with E-state index in [2.05, 4.69) is 11.6 Å². The van der Waals surface area contributed by atoms with Crippen LogP contribution in [-0.2, 0) is 4.79 Å². The van der Waals surface area contributed by atoms with Crippen LogP contribution in [0, 0.1) is 0 Å². The number of carbonyl (C=O) groups excluding carboxylic acids is 1. The molecule has 15 heavy (non-hydrogen) atoms. The Morgan fingerprint density at radius 2 is 2.33 bits per heavy atom. The molecule has 3 N–H and O–H groups in total. The summed E-state index contributed by atoms with van der Waals surface area (Å²) >= 11 is 1.90. The van der Waals surface area contributed by atoms with E-state index in [4.69, 9.17) is 5.73 Å². The summed E-state index contributed by atoms with van der Waals surface area (Å²) in [4.78, 5) is 11.6. The van der Waals surface area contributed by atoms with E-state index in [1.807, 2.05) is 18.7 Å². The Kier molecular flexibility index (Phi) is 5.47. The van der Waals surface area contributed by atoms with E-state index >= 15 is 0 Å². The molecule has 4 heteroatoms. The van der Waals surface area contributed by atoms with Crippen LogP contribution in [0.5, 0.6) is 0 Å². The summed E-state index contributed by atoms with van der Waals surface area (Å²) in [5.74, 6) is 0.0311. The van der Waals surface area contributed by atoms with E-state index in [0.717, 1.165) is 30.9 Å². The van der Waals surface area contributed by atoms with Crippen molar-refractivity contribution in [2.75, 3.05) is 6.26 Å². The molecule has 0 bridgehead atoms. The third-order valence-electron chi connectivity index (χ3n) is 3.00. The van der Waals surface area contributed by atoms with Crippen LogP contribution in [-0.4, -0.2) is 29.5 Å². The summed E-state index contributed by atoms with van der Waals surface area (Å²) in [6.45, 7) is 2.05. The van der Waals surface area contributed by atoms with Gasteiger partial charge in [0.1, 0.15) is 0 Å². The van der Waals surface area contributed by atoms with Crippen molar-refractivity contribution in [1.82, 2.24) is 5.32 Å². The monoisotopic (exact) mass is 230 g/mol. The Morgan fingerprint density at radius 1 is 1.60 bits per heavy atom. The van der Waals surface area contributed by atoms with Crippen molar-refractivity contribution in [2.24, 2.45) is 5.73 Å². The number of carbonyl (C=O) groups is 1. The maximum atomic E-state index is 11.6. The Hall–Kier alpha value is -0.220. The van der Waals surface area contributed by atoms with Crippen LogP contribution in [0.3, 0.4) is 0 Å². The average molecular weight is 230 g/mol. The van der Waals surface area contributed by atoms with Gasteiger partial charge in [0.25, 0.3) is 0 Å². The Morgan fingerprint density at radius 3 is 2.87 bits per heavy atom. The molecule has 1 fully saturated rings. The summed E-state index contributed by atoms with van der Waals surface area (Å²) in [5.41, 5.74) is 5.76. The van der Waals surface area contributed by atoms with E-state index in [0.29, 0.717) is 6.04 Å². The highest BCUT2D eigenvalue weighted by Crippen LogP contribution is 2.28. The molecule has 1 rings (SSSR count). The van der Waals surface area contributed by atoms with Crippen LogP contribution in [0.15, 0.2) is 0 Å². The first-order valence-corrected chi connectivity index (χ1v) is 7.05. The van der Waals surface area contributed by atoms with E-state index in [1.54, 1.807) is 0 Å². The maximum absolute atomic E-state index is 11.6. The quantitative estimate of drug-likeness (QED) is 0.753. The number of rotatable bonds is 5. The third kappa shape index (κ3) is 4.03. The van der Waals surface area contributed by atoms with Crippen molar-refractivity contribution in [2.45, 2.75) is 56.4 Å². The van der Waals surface area contributed by atoms with Crippen molar-refractivity contribution < 1.29 is 4.79 Å². The second kappa shape index (κ2) is 6.38. The minimum atomic E-state index is -0.316. The summed E-state index contributed by atoms with van der Waals surface area (Å²) < 4.78 is 0. The topological polar surface area (TPSA) is 55.1 Å². The third-order valence-corrected chi connectivity index (χ3v) is 4.10. The number of amides is 1. The van der Waals surface area contributed by atoms with Crippen molar-refractivity contribution in [3.05, 3.63) is 0 Å². The Bertz CT molecular complexity index is 211. The summed E-state index contributed by atoms with van der Waals surface area (Å²) in [7, 11) is 0. The molecule has 1 aliphatic carbocycles. The molecule has 3 unspecified atom stereocenters. The van der Waals surface area contributed by atoms with Crippen LogP contribution in [0.2, 0.25) is 0 Å². The lowest BCUT2D eigenvalue weighted by Gasteiger charge is -2.16. The van der Waals surface area contributed by atoms with Crippen molar-refractivity contribution in [3.63, 3.8) is 0 Å². The molecule has 0 aromatic rings. The zero-order valence-electron chi connectivity index (χ0n) is 9.66. The summed E-state index contributed by atoms with van der Waals surface area (Å²) in [5, 5.41) is 3.77. The van der Waals surface area contributed by atoms with Gasteiger partial charge in [0.2, 0.25) is 5.91 Å². The number of nitrogens with one attached hydrogen (secondary N) is 1. The summed E-state index contributed by atoms with van der Waals surface area (Å²) in [6, 6.07) is 0.0428. The SMILES string of the molecule is CCCC(N)C(=O)NC1CCC(SC)C1. The van der Waals surface area contributed by atoms with Gasteiger partial charge in [0, 0.05) is 11.3 Å². The van der Waals surface area contributed by atoms with E-state index < -0.39 is 0 Å². The number of hydrogen-bond donors (Lipinski definition) is 2. The molecule has 0 radical (unpaired) electrons. The van der Waals surface area contributed by atoms with Gasteiger partial charge in [-0.05, 0) is 31.9 Å². The lowest BCUT2D eigenvalue weighted by molar-refractivity contribution is -0.123. The van der Waals surface area contributed by atoms with Gasteiger partial charge in [-0.2, -0.15) is 11.8 Å². The predicted octanol–water partition coefficient (Wildman–Crippen LogP) is 1.51. The highest BCUT2D eigenvalue weighted by molar-refractivity contribution is 7.99. The van der Waals surface area contributed by atoms with E-state index in [1.165, 1.54) is 6.42 Å². The zero-order valence-corrected chi connectivity index (χ0v) is 10.5. The molecule has 0 spiro atoms. The number of thioether (sulfide) groups is 1. The second-order valence-corrected chi connectivity index (χ2v) is 5.41. The zero-order chi connectivity index (χ0) is 11.3. The van der Waals surface area contributed by atoms with Crippen LogP contribution in [0.25, 0.3) is 0 Å². The molecule has 0 aromatic heterocycles. The molecule has 3 nitrogen and oxygen atoms in total. The Balaban J connectivity index is 2.27. The van der Waals surface area contributed by atoms with Gasteiger partial charge in [-0.25, -0.2) is 0 Å². The summed E-state index contributed by atoms with van der Waals surface area (Å²) in [6.07, 6.45) is 7.31. The van der Waals surface area contributed by atoms with Gasteiger partial charge in [0.15, 0.2) is 0 Å². The van der Waals surface area contributed by atoms with Crippen molar-refractivity contribution in [1.29, 1.82) is 0 Å². The first-order chi connectivity index (χ1) is 7.17. The molecule has 1 saturated carbocycles. The molecule has 1 amide bonds. The first-order valence-electron chi connectivity index (χ1n) is 5.76. The van der Waals surface area contributed by atoms with Gasteiger partial charge < -0.3 is 11.1 Å². The average Bonchev–Trinajstić information content (AvgIpc) is 2.66. The van der Waals surface area contributed by atoms with Crippen LogP contribution < -0.4 is 11.1 Å². The smallest absolute Gasteiger partial charge is 0.237 e. The molecule has 1 aliphatic rings. The number of hydrogen-bond acceptors (Lipinski definition) is 3. The minimum Gasteiger partial charge on any atom is -0.352 e. The fourth-order valence-corrected chi connectivity index (χ4v) is 2.83. The molecule has 3 atom stereocenters. The van der Waals surface area contributed by atoms with Gasteiger partial charge >= 0.3 is 0 Å². The van der Waals surface area contributed by atoms with Crippen LogP contribution >= 0.6 is 11.8 Å². The van der Waals surface area contributed by atoms with E-state index in [9.17, 15) is 4.79 Å². The van der Waals surface area contributed by atoms with Gasteiger partial charge in [-0.1, -0.05) is 13.3 Å². The van der Waals surface area contributed by atoms with Gasteiger partial charge in [-0.15, -0.1) is 0 Å². The molecule has 0 aliphatic heterocycles. The van der Waals surface area contributed by atoms with Crippen LogP contribution in [0.4, 0.5) is 0 Å². The van der Waals surface area contributed by atoms with E-state index in [-0.39, 0.29) is 11.9 Å². The second-order valence-electron chi connectivity index (χ2n) is 4.27. The molecule has 0 saturated heterocycles. The van der Waals surface area contributed by atoms with Gasteiger partial charge in [0.05, 0.1) is 6.04 Å². The highest BCUT2D eigenvalue weighted by Gasteiger charge is 2.26. The highest BCUT2D eigenvalue weighted by atomic mass is 32.2. The standard InChI is InChI=1S/C11H22N2OS/c1-3-4-10(12)11(14)13-8-5-6-9(7-8)15-2/h8-10H,3-7,12H2,1-2H3,(H,13,14). The largest absolute Gasteiger partial charge is 0.352 e. The lowest BCUT2D eigenvalue weighted by atomic mass is 10.1. The van der Waals surface area contributed by atoms with Gasteiger partial charge in [-0.3, -0.25) is 4.79 Å². The normalized spacial score (nSPS) is 27.7. The molecule has 0 heterocycles.